The molecule has 1 N–H and O–H groups in total. The molecular weight excluding hydrogens is 727 g/mol. The summed E-state index contributed by atoms with van der Waals surface area (Å²) in [4.78, 5) is 4.56. The number of hydrogen-bond donors (Lipinski definition) is 1. The molecule has 0 aliphatic rings. The van der Waals surface area contributed by atoms with Crippen molar-refractivity contribution in [1.29, 1.82) is 5.41 Å². The summed E-state index contributed by atoms with van der Waals surface area (Å²) in [6.45, 7) is 0. The van der Waals surface area contributed by atoms with Crippen LogP contribution in [0.3, 0.4) is 0 Å². The highest BCUT2D eigenvalue weighted by atomic mass is 15.4. The molecule has 0 aliphatic heterocycles. The summed E-state index contributed by atoms with van der Waals surface area (Å²) in [5.74, 6) is 0.320. The normalized spacial score (nSPS) is 11.7. The van der Waals surface area contributed by atoms with Crippen molar-refractivity contribution in [2.75, 3.05) is 9.80 Å². The van der Waals surface area contributed by atoms with E-state index in [-0.39, 0.29) is 0 Å². The van der Waals surface area contributed by atoms with Gasteiger partial charge in [0.2, 0.25) is 5.96 Å². The second-order valence-corrected chi connectivity index (χ2v) is 15.7. The maximum atomic E-state index is 11.4. The number of benzene rings is 12. The van der Waals surface area contributed by atoms with Gasteiger partial charge in [-0.2, -0.15) is 0 Å². The van der Waals surface area contributed by atoms with Crippen molar-refractivity contribution < 1.29 is 0 Å². The van der Waals surface area contributed by atoms with Gasteiger partial charge >= 0.3 is 0 Å². The molecule has 0 aromatic heterocycles. The third-order valence-electron chi connectivity index (χ3n) is 12.3. The van der Waals surface area contributed by atoms with E-state index in [1.165, 1.54) is 0 Å². The van der Waals surface area contributed by atoms with Crippen molar-refractivity contribution in [2.24, 2.45) is 0 Å². The first kappa shape index (κ1) is 34.1. The van der Waals surface area contributed by atoms with E-state index in [4.69, 9.17) is 0 Å². The molecule has 0 unspecified atom stereocenters. The lowest BCUT2D eigenvalue weighted by Crippen LogP contribution is -2.40. The topological polar surface area (TPSA) is 30.3 Å². The van der Waals surface area contributed by atoms with Gasteiger partial charge in [0, 0.05) is 43.1 Å². The van der Waals surface area contributed by atoms with E-state index in [1.807, 2.05) is 0 Å². The largest absolute Gasteiger partial charge is 0.278 e. The average Bonchev–Trinajstić information content (AvgIpc) is 3.30. The Kier molecular flexibility index (Phi) is 7.69. The molecule has 0 saturated heterocycles. The number of guanidine groups is 1. The highest BCUT2D eigenvalue weighted by molar-refractivity contribution is 6.33. The monoisotopic (exact) mass is 763 g/mol. The van der Waals surface area contributed by atoms with Gasteiger partial charge in [0.15, 0.2) is 0 Å². The molecule has 0 saturated carbocycles. The Hall–Kier alpha value is -8.01. The third-order valence-corrected chi connectivity index (χ3v) is 12.3. The van der Waals surface area contributed by atoms with E-state index in [9.17, 15) is 5.41 Å². The molecular formula is C57H37N3. The molecule has 0 amide bonds. The Labute approximate surface area is 347 Å². The van der Waals surface area contributed by atoms with Crippen molar-refractivity contribution in [3.63, 3.8) is 0 Å². The van der Waals surface area contributed by atoms with Crippen LogP contribution in [-0.4, -0.2) is 5.96 Å². The zero-order chi connectivity index (χ0) is 39.7. The Balaban J connectivity index is 1.32. The SMILES string of the molecule is N=C(N(c1c2ccccc2cc2ccccc12)c1c2ccccc2cc2ccccc12)N(c1c2ccccc2cc2ccccc12)c1c2ccccc2cc2ccccc12. The molecule has 0 radical (unpaired) electrons. The van der Waals surface area contributed by atoms with Gasteiger partial charge in [-0.25, -0.2) is 0 Å². The predicted molar refractivity (Wildman–Crippen MR) is 258 cm³/mol. The molecule has 3 heteroatoms. The Morgan fingerprint density at radius 3 is 0.550 bits per heavy atom. The highest BCUT2D eigenvalue weighted by Crippen LogP contribution is 2.50. The molecule has 0 aliphatic carbocycles. The van der Waals surface area contributed by atoms with E-state index >= 15 is 0 Å². The molecule has 280 valence electrons. The Morgan fingerprint density at radius 1 is 0.233 bits per heavy atom. The quantitative estimate of drug-likeness (QED) is 0.110. The molecule has 0 heterocycles. The van der Waals surface area contributed by atoms with Crippen LogP contribution in [0.15, 0.2) is 218 Å². The molecule has 0 fully saturated rings. The lowest BCUT2D eigenvalue weighted by molar-refractivity contribution is 1.23. The van der Waals surface area contributed by atoms with Crippen LogP contribution in [-0.2, 0) is 0 Å². The van der Waals surface area contributed by atoms with E-state index in [0.717, 1.165) is 109 Å². The Bertz CT molecular complexity index is 3020. The maximum Gasteiger partial charge on any atom is 0.212 e. The van der Waals surface area contributed by atoms with Crippen LogP contribution in [0.25, 0.3) is 86.2 Å². The molecule has 12 aromatic carbocycles. The fraction of sp³-hybridized carbons (Fsp3) is 0. The van der Waals surface area contributed by atoms with E-state index in [1.54, 1.807) is 0 Å². The van der Waals surface area contributed by atoms with Gasteiger partial charge in [-0.05, 0) is 67.4 Å². The average molecular weight is 764 g/mol. The number of nitrogens with one attached hydrogen (secondary N) is 1. The third kappa shape index (κ3) is 5.19. The van der Waals surface area contributed by atoms with Crippen LogP contribution in [0, 0.1) is 5.41 Å². The van der Waals surface area contributed by atoms with Gasteiger partial charge in [-0.3, -0.25) is 15.2 Å². The molecule has 60 heavy (non-hydrogen) atoms. The number of anilines is 4. The number of rotatable bonds is 4. The fourth-order valence-corrected chi connectivity index (χ4v) is 9.67. The molecule has 12 aromatic rings. The van der Waals surface area contributed by atoms with Gasteiger partial charge in [-0.15, -0.1) is 0 Å². The van der Waals surface area contributed by atoms with Gasteiger partial charge in [-0.1, -0.05) is 194 Å². The summed E-state index contributed by atoms with van der Waals surface area (Å²) in [6.07, 6.45) is 0. The number of fused-ring (bicyclic) bond motifs is 8. The van der Waals surface area contributed by atoms with Gasteiger partial charge in [0.1, 0.15) is 0 Å². The molecule has 0 bridgehead atoms. The molecule has 3 nitrogen and oxygen atoms in total. The van der Waals surface area contributed by atoms with Crippen molar-refractivity contribution in [3.8, 4) is 0 Å². The smallest absolute Gasteiger partial charge is 0.212 e. The molecule has 0 atom stereocenters. The predicted octanol–water partition coefficient (Wildman–Crippen LogP) is 15.8. The van der Waals surface area contributed by atoms with E-state index < -0.39 is 0 Å². The summed E-state index contributed by atoms with van der Waals surface area (Å²) in [5.41, 5.74) is 3.87. The minimum absolute atomic E-state index is 0.320. The first-order valence-corrected chi connectivity index (χ1v) is 20.5. The zero-order valence-electron chi connectivity index (χ0n) is 32.7. The van der Waals surface area contributed by atoms with Crippen LogP contribution in [0.5, 0.6) is 0 Å². The van der Waals surface area contributed by atoms with Gasteiger partial charge in [0.05, 0.1) is 22.7 Å². The van der Waals surface area contributed by atoms with Crippen LogP contribution in [0.4, 0.5) is 22.7 Å². The standard InChI is InChI=1S/C57H37N3/c58-57(59(53-45-25-9-1-17-37(45)33-38-18-2-10-26-46(38)53)54-47-27-11-3-19-39(47)34-40-20-4-12-28-48(40)54)60(55-49-29-13-5-21-41(49)35-42-22-6-14-30-50(42)55)56-51-31-15-7-23-43(51)36-44-24-8-16-32-52(44)56/h1-36,58H. The summed E-state index contributed by atoms with van der Waals surface area (Å²) < 4.78 is 0. The lowest BCUT2D eigenvalue weighted by atomic mass is 9.95. The summed E-state index contributed by atoms with van der Waals surface area (Å²) in [6, 6.07) is 78.3. The highest BCUT2D eigenvalue weighted by Gasteiger charge is 2.32. The minimum atomic E-state index is 0.320. The van der Waals surface area contributed by atoms with Crippen LogP contribution < -0.4 is 9.80 Å². The van der Waals surface area contributed by atoms with Crippen molar-refractivity contribution in [2.45, 2.75) is 0 Å². The van der Waals surface area contributed by atoms with Crippen LogP contribution >= 0.6 is 0 Å². The maximum absolute atomic E-state index is 11.4. The zero-order valence-corrected chi connectivity index (χ0v) is 32.7. The summed E-state index contributed by atoms with van der Waals surface area (Å²) in [5, 5.41) is 28.9. The second-order valence-electron chi connectivity index (χ2n) is 15.7. The number of hydrogen-bond acceptors (Lipinski definition) is 1. The lowest BCUT2D eigenvalue weighted by Gasteiger charge is -2.38. The van der Waals surface area contributed by atoms with E-state index in [0.29, 0.717) is 5.96 Å². The van der Waals surface area contributed by atoms with Gasteiger partial charge in [0.25, 0.3) is 0 Å². The molecule has 0 spiro atoms. The Morgan fingerprint density at radius 2 is 0.383 bits per heavy atom. The second kappa shape index (κ2) is 13.5. The van der Waals surface area contributed by atoms with E-state index in [2.05, 4.69) is 228 Å². The fourth-order valence-electron chi connectivity index (χ4n) is 9.67. The first-order valence-electron chi connectivity index (χ1n) is 20.5. The minimum Gasteiger partial charge on any atom is -0.278 e. The van der Waals surface area contributed by atoms with Crippen LogP contribution in [0.1, 0.15) is 0 Å². The summed E-state index contributed by atoms with van der Waals surface area (Å²) >= 11 is 0. The van der Waals surface area contributed by atoms with Gasteiger partial charge < -0.3 is 0 Å². The van der Waals surface area contributed by atoms with Crippen molar-refractivity contribution in [3.05, 3.63) is 218 Å². The van der Waals surface area contributed by atoms with Crippen molar-refractivity contribution >= 4 is 115 Å². The van der Waals surface area contributed by atoms with Crippen LogP contribution in [0.2, 0.25) is 0 Å². The summed E-state index contributed by atoms with van der Waals surface area (Å²) in [7, 11) is 0. The first-order chi connectivity index (χ1) is 29.7. The number of nitrogens with zero attached hydrogens (tertiary/aromatic N) is 2. The van der Waals surface area contributed by atoms with Crippen molar-refractivity contribution in [1.82, 2.24) is 0 Å². The molecule has 12 rings (SSSR count).